The van der Waals surface area contributed by atoms with E-state index in [0.717, 1.165) is 16.6 Å². The van der Waals surface area contributed by atoms with Crippen LogP contribution < -0.4 is 0 Å². The van der Waals surface area contributed by atoms with E-state index in [1.165, 1.54) is 48.9 Å². The molecule has 0 saturated heterocycles. The van der Waals surface area contributed by atoms with Crippen LogP contribution >= 0.6 is 0 Å². The second-order valence-electron chi connectivity index (χ2n) is 7.57. The van der Waals surface area contributed by atoms with Crippen LogP contribution in [0.1, 0.15) is 18.1 Å². The number of fused-ring (bicyclic) bond motifs is 9. The van der Waals surface area contributed by atoms with Crippen LogP contribution in [0.2, 0.25) is 0 Å². The summed E-state index contributed by atoms with van der Waals surface area (Å²) < 4.78 is 0. The summed E-state index contributed by atoms with van der Waals surface area (Å²) in [5.74, 6) is 0. The number of aromatic amines is 2. The molecule has 6 aromatic rings. The van der Waals surface area contributed by atoms with Crippen molar-refractivity contribution in [1.82, 2.24) is 9.97 Å². The second kappa shape index (κ2) is 5.86. The fourth-order valence-corrected chi connectivity index (χ4v) is 4.75. The van der Waals surface area contributed by atoms with Gasteiger partial charge < -0.3 is 9.97 Å². The molecule has 29 heavy (non-hydrogen) atoms. The van der Waals surface area contributed by atoms with Gasteiger partial charge in [-0.05, 0) is 23.9 Å². The molecule has 0 unspecified atom stereocenters. The zero-order valence-electron chi connectivity index (χ0n) is 16.2. The third-order valence-electron chi connectivity index (χ3n) is 6.03. The maximum Gasteiger partial charge on any atom is 0.0566 e. The Hall–Kier alpha value is -3.78. The highest BCUT2D eigenvalue weighted by Gasteiger charge is 2.15. The molecule has 2 heteroatoms. The molecule has 0 aliphatic rings. The quantitative estimate of drug-likeness (QED) is 0.311. The summed E-state index contributed by atoms with van der Waals surface area (Å²) in [6.07, 6.45) is 6.15. The Bertz CT molecular complexity index is 1620. The van der Waals surface area contributed by atoms with E-state index in [9.17, 15) is 0 Å². The van der Waals surface area contributed by atoms with Crippen molar-refractivity contribution in [1.29, 1.82) is 0 Å². The minimum absolute atomic E-state index is 1.14. The molecule has 138 valence electrons. The molecule has 0 spiro atoms. The highest BCUT2D eigenvalue weighted by molar-refractivity contribution is 6.27. The topological polar surface area (TPSA) is 31.6 Å². The lowest BCUT2D eigenvalue weighted by molar-refractivity contribution is 1.52. The predicted octanol–water partition coefficient (Wildman–Crippen LogP) is 7.78. The lowest BCUT2D eigenvalue weighted by Crippen LogP contribution is -1.82. The molecule has 0 fully saturated rings. The van der Waals surface area contributed by atoms with Crippen LogP contribution in [0.25, 0.3) is 66.5 Å². The number of rotatable bonds is 2. The van der Waals surface area contributed by atoms with E-state index in [2.05, 4.69) is 89.4 Å². The lowest BCUT2D eigenvalue weighted by atomic mass is 10.0. The van der Waals surface area contributed by atoms with Crippen molar-refractivity contribution in [3.63, 3.8) is 0 Å². The molecule has 0 amide bonds. The van der Waals surface area contributed by atoms with Crippen molar-refractivity contribution in [2.24, 2.45) is 0 Å². The van der Waals surface area contributed by atoms with E-state index in [-0.39, 0.29) is 0 Å². The summed E-state index contributed by atoms with van der Waals surface area (Å²) in [5, 5.41) is 7.52. The zero-order valence-corrected chi connectivity index (χ0v) is 16.2. The van der Waals surface area contributed by atoms with Gasteiger partial charge in [-0.3, -0.25) is 0 Å². The summed E-state index contributed by atoms with van der Waals surface area (Å²) in [5.41, 5.74) is 7.00. The number of benzene rings is 4. The Morgan fingerprint density at radius 3 is 2.38 bits per heavy atom. The van der Waals surface area contributed by atoms with Gasteiger partial charge in [-0.15, -0.1) is 0 Å². The lowest BCUT2D eigenvalue weighted by Gasteiger charge is -2.03. The maximum absolute atomic E-state index is 4.06. The molecular weight excluding hydrogens is 352 g/mol. The van der Waals surface area contributed by atoms with Crippen LogP contribution in [-0.2, 0) is 0 Å². The van der Waals surface area contributed by atoms with Crippen LogP contribution in [0.15, 0.2) is 73.3 Å². The SMILES string of the molecule is C=Cc1c(/C=C\C)ccc2c1[nH]c1ccc3c4ccc5ccccc5c4[nH]c3c12. The molecule has 2 nitrogen and oxygen atoms in total. The molecule has 0 atom stereocenters. The van der Waals surface area contributed by atoms with E-state index in [4.69, 9.17) is 0 Å². The van der Waals surface area contributed by atoms with Crippen molar-refractivity contribution in [3.8, 4) is 0 Å². The smallest absolute Gasteiger partial charge is 0.0566 e. The molecule has 0 aliphatic carbocycles. The molecule has 0 bridgehead atoms. The highest BCUT2D eigenvalue weighted by Crippen LogP contribution is 2.39. The van der Waals surface area contributed by atoms with Crippen LogP contribution in [0.3, 0.4) is 0 Å². The molecule has 0 saturated carbocycles. The standard InChI is InChI=1S/C27H20N2/c1-3-7-16-11-13-22-24-23(28-25(22)18(16)4-2)15-14-21-20-12-10-17-8-5-6-9-19(17)26(20)29-27(21)24/h3-15,28-29H,2H2,1H3/b7-3-. The number of nitrogens with one attached hydrogen (secondary N) is 2. The van der Waals surface area contributed by atoms with Crippen molar-refractivity contribution in [2.75, 3.05) is 0 Å². The summed E-state index contributed by atoms with van der Waals surface area (Å²) in [6, 6.07) is 21.8. The number of hydrogen-bond acceptors (Lipinski definition) is 0. The third-order valence-corrected chi connectivity index (χ3v) is 6.03. The maximum atomic E-state index is 4.06. The number of H-pyrrole nitrogens is 2. The Morgan fingerprint density at radius 1 is 0.724 bits per heavy atom. The molecule has 2 aromatic heterocycles. The van der Waals surface area contributed by atoms with Gasteiger partial charge >= 0.3 is 0 Å². The minimum Gasteiger partial charge on any atom is -0.354 e. The minimum atomic E-state index is 1.14. The van der Waals surface area contributed by atoms with E-state index < -0.39 is 0 Å². The van der Waals surface area contributed by atoms with Gasteiger partial charge in [-0.2, -0.15) is 0 Å². The first-order chi connectivity index (χ1) is 14.3. The molecule has 0 radical (unpaired) electrons. The average Bonchev–Trinajstić information content (AvgIpc) is 3.32. The first kappa shape index (κ1) is 16.2. The Balaban J connectivity index is 1.82. The van der Waals surface area contributed by atoms with Gasteiger partial charge in [0.2, 0.25) is 0 Å². The summed E-state index contributed by atoms with van der Waals surface area (Å²) in [4.78, 5) is 7.40. The number of hydrogen-bond donors (Lipinski definition) is 2. The first-order valence-electron chi connectivity index (χ1n) is 9.96. The van der Waals surface area contributed by atoms with E-state index in [1.807, 2.05) is 13.0 Å². The van der Waals surface area contributed by atoms with Crippen LogP contribution in [0.4, 0.5) is 0 Å². The van der Waals surface area contributed by atoms with Gasteiger partial charge in [0.05, 0.1) is 16.6 Å². The largest absolute Gasteiger partial charge is 0.354 e. The molecular formula is C27H20N2. The highest BCUT2D eigenvalue weighted by atomic mass is 14.7. The van der Waals surface area contributed by atoms with Crippen molar-refractivity contribution < 1.29 is 0 Å². The van der Waals surface area contributed by atoms with E-state index in [0.29, 0.717) is 0 Å². The van der Waals surface area contributed by atoms with Gasteiger partial charge in [-0.25, -0.2) is 0 Å². The van der Waals surface area contributed by atoms with Gasteiger partial charge in [0.1, 0.15) is 0 Å². The van der Waals surface area contributed by atoms with Crippen LogP contribution in [0, 0.1) is 0 Å². The summed E-state index contributed by atoms with van der Waals surface area (Å²) >= 11 is 0. The molecule has 2 heterocycles. The van der Waals surface area contributed by atoms with Crippen molar-refractivity contribution >= 4 is 66.5 Å². The van der Waals surface area contributed by atoms with Gasteiger partial charge in [0, 0.05) is 38.0 Å². The normalized spacial score (nSPS) is 12.3. The van der Waals surface area contributed by atoms with E-state index >= 15 is 0 Å². The Labute approximate surface area is 168 Å². The van der Waals surface area contributed by atoms with Crippen molar-refractivity contribution in [2.45, 2.75) is 6.92 Å². The summed E-state index contributed by atoms with van der Waals surface area (Å²) in [7, 11) is 0. The van der Waals surface area contributed by atoms with Crippen molar-refractivity contribution in [3.05, 3.63) is 84.4 Å². The predicted molar refractivity (Wildman–Crippen MR) is 127 cm³/mol. The second-order valence-corrected chi connectivity index (χ2v) is 7.57. The van der Waals surface area contributed by atoms with Gasteiger partial charge in [0.15, 0.2) is 0 Å². The zero-order chi connectivity index (χ0) is 19.5. The molecule has 4 aromatic carbocycles. The summed E-state index contributed by atoms with van der Waals surface area (Å²) in [6.45, 7) is 6.11. The number of aromatic nitrogens is 2. The van der Waals surface area contributed by atoms with Gasteiger partial charge in [0.25, 0.3) is 0 Å². The van der Waals surface area contributed by atoms with Crippen LogP contribution in [0.5, 0.6) is 0 Å². The third kappa shape index (κ3) is 2.11. The molecule has 2 N–H and O–H groups in total. The molecule has 6 rings (SSSR count). The monoisotopic (exact) mass is 372 g/mol. The van der Waals surface area contributed by atoms with E-state index in [1.54, 1.807) is 0 Å². The fraction of sp³-hybridized carbons (Fsp3) is 0.0370. The number of allylic oxidation sites excluding steroid dienone is 1. The average molecular weight is 372 g/mol. The van der Waals surface area contributed by atoms with Gasteiger partial charge in [-0.1, -0.05) is 79.4 Å². The fourth-order valence-electron chi connectivity index (χ4n) is 4.75. The molecule has 0 aliphatic heterocycles. The Kier molecular flexibility index (Phi) is 3.27. The Morgan fingerprint density at radius 2 is 1.52 bits per heavy atom. The van der Waals surface area contributed by atoms with Crippen LogP contribution in [-0.4, -0.2) is 9.97 Å². The first-order valence-corrected chi connectivity index (χ1v) is 9.96.